The number of fused-ring (bicyclic) bond motifs is 2. The van der Waals surface area contributed by atoms with Crippen molar-refractivity contribution in [3.63, 3.8) is 0 Å². The predicted molar refractivity (Wildman–Crippen MR) is 133 cm³/mol. The lowest BCUT2D eigenvalue weighted by molar-refractivity contribution is -0.145. The van der Waals surface area contributed by atoms with Gasteiger partial charge in [0, 0.05) is 39.0 Å². The van der Waals surface area contributed by atoms with E-state index in [2.05, 4.69) is 10.2 Å². The summed E-state index contributed by atoms with van der Waals surface area (Å²) >= 11 is 0. The second-order valence-corrected chi connectivity index (χ2v) is 10.6. The number of nitrogens with one attached hydrogen (secondary N) is 1. The van der Waals surface area contributed by atoms with Gasteiger partial charge in [0.25, 0.3) is 0 Å². The van der Waals surface area contributed by atoms with Gasteiger partial charge in [0.15, 0.2) is 0 Å². The summed E-state index contributed by atoms with van der Waals surface area (Å²) in [6, 6.07) is 9.76. The maximum atomic E-state index is 13.9. The number of nitrogens with zero attached hydrogens (tertiary/aromatic N) is 3. The summed E-state index contributed by atoms with van der Waals surface area (Å²) in [7, 11) is 1.55. The van der Waals surface area contributed by atoms with Crippen LogP contribution >= 0.6 is 0 Å². The number of rotatable bonds is 5. The van der Waals surface area contributed by atoms with Crippen molar-refractivity contribution >= 4 is 17.5 Å². The Morgan fingerprint density at radius 2 is 2.05 bits per heavy atom. The molecule has 0 radical (unpaired) electrons. The molecule has 7 nitrogen and oxygen atoms in total. The van der Waals surface area contributed by atoms with Crippen LogP contribution in [0.25, 0.3) is 0 Å². The zero-order valence-corrected chi connectivity index (χ0v) is 21.3. The Kier molecular flexibility index (Phi) is 6.70. The average Bonchev–Trinajstić information content (AvgIpc) is 3.42. The highest BCUT2D eigenvalue weighted by Gasteiger charge is 2.47. The van der Waals surface area contributed by atoms with Crippen LogP contribution < -0.4 is 5.32 Å². The van der Waals surface area contributed by atoms with Crippen LogP contribution in [0.3, 0.4) is 0 Å². The quantitative estimate of drug-likeness (QED) is 0.635. The fraction of sp³-hybridized carbons (Fsp3) is 0.464. The van der Waals surface area contributed by atoms with Crippen molar-refractivity contribution in [3.05, 3.63) is 63.7 Å². The number of ether oxygens (including phenoxy) is 1. The van der Waals surface area contributed by atoms with Crippen LogP contribution in [-0.2, 0) is 40.0 Å². The number of methoxy groups -OCH3 is 1. The summed E-state index contributed by atoms with van der Waals surface area (Å²) in [5.74, 6) is -0.366. The first kappa shape index (κ1) is 26.2. The zero-order valence-electron chi connectivity index (χ0n) is 21.3. The van der Waals surface area contributed by atoms with Gasteiger partial charge in [0.1, 0.15) is 0 Å². The molecule has 200 valence electrons. The number of halogens is 3. The van der Waals surface area contributed by atoms with Gasteiger partial charge in [0.05, 0.1) is 35.1 Å². The van der Waals surface area contributed by atoms with Crippen LogP contribution in [0.2, 0.25) is 0 Å². The number of carbonyl (C=O) groups is 2. The summed E-state index contributed by atoms with van der Waals surface area (Å²) in [5, 5.41) is 12.3. The summed E-state index contributed by atoms with van der Waals surface area (Å²) in [4.78, 5) is 29.7. The van der Waals surface area contributed by atoms with E-state index in [0.29, 0.717) is 50.1 Å². The van der Waals surface area contributed by atoms with Gasteiger partial charge in [-0.2, -0.15) is 18.4 Å². The van der Waals surface area contributed by atoms with Gasteiger partial charge in [-0.25, -0.2) is 0 Å². The number of carbonyl (C=O) groups excluding carboxylic acids is 2. The molecule has 0 spiro atoms. The molecule has 38 heavy (non-hydrogen) atoms. The summed E-state index contributed by atoms with van der Waals surface area (Å²) < 4.78 is 45.8. The maximum Gasteiger partial charge on any atom is 0.416 e. The van der Waals surface area contributed by atoms with E-state index in [1.54, 1.807) is 12.0 Å². The molecule has 5 rings (SSSR count). The van der Waals surface area contributed by atoms with E-state index in [4.69, 9.17) is 4.74 Å². The Labute approximate surface area is 219 Å². The Morgan fingerprint density at radius 3 is 2.76 bits per heavy atom. The monoisotopic (exact) mass is 526 g/mol. The maximum absolute atomic E-state index is 13.9. The highest BCUT2D eigenvalue weighted by Crippen LogP contribution is 2.39. The van der Waals surface area contributed by atoms with Gasteiger partial charge < -0.3 is 15.0 Å². The molecule has 1 saturated heterocycles. The van der Waals surface area contributed by atoms with Crippen molar-refractivity contribution < 1.29 is 27.5 Å². The molecule has 3 heterocycles. The fourth-order valence-corrected chi connectivity index (χ4v) is 6.02. The Morgan fingerprint density at radius 1 is 1.26 bits per heavy atom. The van der Waals surface area contributed by atoms with Crippen LogP contribution in [0, 0.1) is 16.7 Å². The smallest absolute Gasteiger partial charge is 0.384 e. The van der Waals surface area contributed by atoms with Crippen LogP contribution in [0.5, 0.6) is 0 Å². The molecule has 2 aromatic rings. The molecule has 3 aliphatic rings. The minimum Gasteiger partial charge on any atom is -0.384 e. The first-order valence-corrected chi connectivity index (χ1v) is 12.6. The van der Waals surface area contributed by atoms with Crippen LogP contribution in [0.4, 0.5) is 18.9 Å². The highest BCUT2D eigenvalue weighted by atomic mass is 19.4. The summed E-state index contributed by atoms with van der Waals surface area (Å²) in [6.45, 7) is 4.17. The van der Waals surface area contributed by atoms with Crippen molar-refractivity contribution in [2.75, 3.05) is 38.7 Å². The number of amides is 2. The Balaban J connectivity index is 1.34. The molecule has 10 heteroatoms. The Hall–Kier alpha value is -3.42. The van der Waals surface area contributed by atoms with Crippen LogP contribution in [0.1, 0.15) is 52.6 Å². The van der Waals surface area contributed by atoms with E-state index in [1.165, 1.54) is 0 Å². The molecule has 0 aliphatic carbocycles. The molecule has 1 fully saturated rings. The molecule has 2 atom stereocenters. The number of alkyl halides is 3. The SMILES string of the molecule is COCC1(C(=O)N2CCc3c(C#N)cc(C(F)(F)F)cc3C2)CCN(Cc2ccc3c(c2)C(C)C(=O)N3)C1. The fourth-order valence-electron chi connectivity index (χ4n) is 6.02. The standard InChI is InChI=1S/C28H29F3N4O3/c1-17-23-9-18(3-4-24(23)33-25(17)36)13-34-8-6-27(15-34,16-38-2)26(37)35-7-5-22-19(12-32)10-21(28(29,30)31)11-20(22)14-35/h3-4,9-11,17H,5-8,13-16H2,1-2H3,(H,33,36). The van der Waals surface area contributed by atoms with Gasteiger partial charge in [-0.05, 0) is 66.8 Å². The normalized spacial score (nSPS) is 23.1. The lowest BCUT2D eigenvalue weighted by atomic mass is 9.84. The van der Waals surface area contributed by atoms with Gasteiger partial charge in [-0.1, -0.05) is 12.1 Å². The predicted octanol–water partition coefficient (Wildman–Crippen LogP) is 4.06. The molecule has 1 N–H and O–H groups in total. The van der Waals surface area contributed by atoms with E-state index < -0.39 is 17.2 Å². The third kappa shape index (κ3) is 4.65. The van der Waals surface area contributed by atoms with Crippen molar-refractivity contribution in [1.29, 1.82) is 5.26 Å². The van der Waals surface area contributed by atoms with Gasteiger partial charge in [-0.15, -0.1) is 0 Å². The van der Waals surface area contributed by atoms with Gasteiger partial charge in [0.2, 0.25) is 11.8 Å². The first-order valence-electron chi connectivity index (χ1n) is 12.6. The van der Waals surface area contributed by atoms with E-state index in [9.17, 15) is 28.0 Å². The van der Waals surface area contributed by atoms with E-state index in [0.717, 1.165) is 28.9 Å². The Bertz CT molecular complexity index is 1340. The number of hydrogen-bond acceptors (Lipinski definition) is 5. The average molecular weight is 527 g/mol. The number of likely N-dealkylation sites (tertiary alicyclic amines) is 1. The zero-order chi connectivity index (χ0) is 27.2. The van der Waals surface area contributed by atoms with Crippen molar-refractivity contribution in [3.8, 4) is 6.07 Å². The number of anilines is 1. The summed E-state index contributed by atoms with van der Waals surface area (Å²) in [5.41, 5.74) is 2.12. The minimum absolute atomic E-state index is 0.0149. The van der Waals surface area contributed by atoms with Crippen LogP contribution in [-0.4, -0.2) is 55.0 Å². The molecule has 0 bridgehead atoms. The lowest BCUT2D eigenvalue weighted by Crippen LogP contribution is -2.49. The van der Waals surface area contributed by atoms with E-state index in [-0.39, 0.29) is 36.4 Å². The number of benzene rings is 2. The molecule has 2 unspecified atom stereocenters. The second-order valence-electron chi connectivity index (χ2n) is 10.6. The van der Waals surface area contributed by atoms with Gasteiger partial charge in [-0.3, -0.25) is 14.5 Å². The highest BCUT2D eigenvalue weighted by molar-refractivity contribution is 6.02. The van der Waals surface area contributed by atoms with E-state index in [1.807, 2.05) is 31.2 Å². The summed E-state index contributed by atoms with van der Waals surface area (Å²) in [6.07, 6.45) is -3.68. The number of nitriles is 1. The molecule has 2 amide bonds. The molecule has 2 aromatic carbocycles. The molecule has 0 saturated carbocycles. The van der Waals surface area contributed by atoms with Crippen LogP contribution in [0.15, 0.2) is 30.3 Å². The first-order chi connectivity index (χ1) is 18.0. The van der Waals surface area contributed by atoms with Crippen molar-refractivity contribution in [1.82, 2.24) is 9.80 Å². The minimum atomic E-state index is -4.57. The topological polar surface area (TPSA) is 85.7 Å². The third-order valence-corrected chi connectivity index (χ3v) is 8.02. The molecule has 0 aromatic heterocycles. The largest absolute Gasteiger partial charge is 0.416 e. The molecule has 3 aliphatic heterocycles. The van der Waals surface area contributed by atoms with E-state index >= 15 is 0 Å². The number of hydrogen-bond donors (Lipinski definition) is 1. The molecular formula is C28H29F3N4O3. The van der Waals surface area contributed by atoms with Crippen molar-refractivity contribution in [2.45, 2.75) is 44.9 Å². The molecular weight excluding hydrogens is 497 g/mol. The lowest BCUT2D eigenvalue weighted by Gasteiger charge is -2.37. The third-order valence-electron chi connectivity index (χ3n) is 8.02. The second kappa shape index (κ2) is 9.71. The van der Waals surface area contributed by atoms with Crippen molar-refractivity contribution in [2.24, 2.45) is 5.41 Å². The van der Waals surface area contributed by atoms with Gasteiger partial charge >= 0.3 is 6.18 Å².